The Labute approximate surface area is 121 Å². The first-order valence-corrected chi connectivity index (χ1v) is 7.39. The number of nitrogens with zero attached hydrogens (tertiary/aromatic N) is 2. The summed E-state index contributed by atoms with van der Waals surface area (Å²) in [5.41, 5.74) is 4.10. The first-order chi connectivity index (χ1) is 9.81. The number of aryl methyl sites for hydroxylation is 1. The predicted molar refractivity (Wildman–Crippen MR) is 85.1 cm³/mol. The molecule has 104 valence electrons. The van der Waals surface area contributed by atoms with Crippen LogP contribution < -0.4 is 4.90 Å². The largest absolute Gasteiger partial charge is 0.369 e. The number of rotatable bonds is 3. The molecule has 1 heterocycles. The average Bonchev–Trinajstić information content (AvgIpc) is 2.50. The number of anilines is 1. The van der Waals surface area contributed by atoms with Crippen molar-refractivity contribution in [1.82, 2.24) is 4.90 Å². The fourth-order valence-corrected chi connectivity index (χ4v) is 2.76. The molecule has 3 rings (SSSR count). The van der Waals surface area contributed by atoms with Gasteiger partial charge in [0.25, 0.3) is 0 Å². The van der Waals surface area contributed by atoms with E-state index in [4.69, 9.17) is 0 Å². The van der Waals surface area contributed by atoms with E-state index in [1.165, 1.54) is 16.8 Å². The van der Waals surface area contributed by atoms with Crippen molar-refractivity contribution in [2.45, 2.75) is 13.5 Å². The fraction of sp³-hybridized carbons (Fsp3) is 0.333. The lowest BCUT2D eigenvalue weighted by molar-refractivity contribution is 0.250. The van der Waals surface area contributed by atoms with Gasteiger partial charge in [-0.05, 0) is 24.6 Å². The van der Waals surface area contributed by atoms with Gasteiger partial charge in [-0.15, -0.1) is 0 Å². The highest BCUT2D eigenvalue weighted by Gasteiger charge is 2.16. The highest BCUT2D eigenvalue weighted by Crippen LogP contribution is 2.17. The van der Waals surface area contributed by atoms with Crippen LogP contribution in [0.3, 0.4) is 0 Å². The van der Waals surface area contributed by atoms with Crippen LogP contribution in [0.5, 0.6) is 0 Å². The van der Waals surface area contributed by atoms with E-state index in [0.717, 1.165) is 32.7 Å². The first-order valence-electron chi connectivity index (χ1n) is 7.39. The first kappa shape index (κ1) is 13.2. The van der Waals surface area contributed by atoms with Crippen LogP contribution in [0.2, 0.25) is 0 Å². The third kappa shape index (κ3) is 3.20. The Bertz CT molecular complexity index is 525. The van der Waals surface area contributed by atoms with Crippen molar-refractivity contribution in [2.75, 3.05) is 31.1 Å². The third-order valence-electron chi connectivity index (χ3n) is 4.02. The zero-order valence-corrected chi connectivity index (χ0v) is 12.1. The van der Waals surface area contributed by atoms with E-state index in [9.17, 15) is 0 Å². The fourth-order valence-electron chi connectivity index (χ4n) is 2.76. The lowest BCUT2D eigenvalue weighted by Crippen LogP contribution is -2.45. The lowest BCUT2D eigenvalue weighted by atomic mass is 10.1. The molecule has 2 heteroatoms. The molecule has 0 radical (unpaired) electrons. The Kier molecular flexibility index (Phi) is 4.03. The molecule has 0 unspecified atom stereocenters. The molecule has 2 aromatic rings. The van der Waals surface area contributed by atoms with Crippen LogP contribution in [0.1, 0.15) is 11.1 Å². The highest BCUT2D eigenvalue weighted by molar-refractivity contribution is 5.47. The summed E-state index contributed by atoms with van der Waals surface area (Å²) in [5.74, 6) is 0. The second-order valence-electron chi connectivity index (χ2n) is 5.58. The zero-order chi connectivity index (χ0) is 13.8. The van der Waals surface area contributed by atoms with E-state index in [-0.39, 0.29) is 0 Å². The van der Waals surface area contributed by atoms with Crippen molar-refractivity contribution >= 4 is 5.69 Å². The van der Waals surface area contributed by atoms with Gasteiger partial charge in [0.1, 0.15) is 0 Å². The van der Waals surface area contributed by atoms with Crippen LogP contribution in [0, 0.1) is 6.92 Å². The SMILES string of the molecule is Cc1ccc(N2CCN(Cc3ccccc3)CC2)cc1. The zero-order valence-electron chi connectivity index (χ0n) is 12.1. The molecule has 0 saturated carbocycles. The number of piperazine rings is 1. The van der Waals surface area contributed by atoms with Crippen molar-refractivity contribution < 1.29 is 0 Å². The van der Waals surface area contributed by atoms with Crippen LogP contribution in [-0.4, -0.2) is 31.1 Å². The summed E-state index contributed by atoms with van der Waals surface area (Å²) in [7, 11) is 0. The molecule has 0 N–H and O–H groups in total. The highest BCUT2D eigenvalue weighted by atomic mass is 15.3. The van der Waals surface area contributed by atoms with E-state index in [1.807, 2.05) is 0 Å². The second-order valence-corrected chi connectivity index (χ2v) is 5.58. The quantitative estimate of drug-likeness (QED) is 0.841. The summed E-state index contributed by atoms with van der Waals surface area (Å²) < 4.78 is 0. The van der Waals surface area contributed by atoms with Gasteiger partial charge in [-0.1, -0.05) is 48.0 Å². The number of hydrogen-bond donors (Lipinski definition) is 0. The standard InChI is InChI=1S/C18H22N2/c1-16-7-9-18(10-8-16)20-13-11-19(12-14-20)15-17-5-3-2-4-6-17/h2-10H,11-15H2,1H3. The van der Waals surface area contributed by atoms with Crippen molar-refractivity contribution in [2.24, 2.45) is 0 Å². The van der Waals surface area contributed by atoms with Crippen molar-refractivity contribution in [1.29, 1.82) is 0 Å². The Morgan fingerprint density at radius 3 is 2.10 bits per heavy atom. The van der Waals surface area contributed by atoms with Gasteiger partial charge in [-0.2, -0.15) is 0 Å². The van der Waals surface area contributed by atoms with Gasteiger partial charge in [0, 0.05) is 38.4 Å². The minimum absolute atomic E-state index is 1.07. The Morgan fingerprint density at radius 1 is 0.800 bits per heavy atom. The molecule has 0 atom stereocenters. The molecule has 0 amide bonds. The number of benzene rings is 2. The molecule has 1 aliphatic rings. The van der Waals surface area contributed by atoms with Crippen LogP contribution in [0.15, 0.2) is 54.6 Å². The minimum Gasteiger partial charge on any atom is -0.369 e. The summed E-state index contributed by atoms with van der Waals surface area (Å²) >= 11 is 0. The minimum atomic E-state index is 1.07. The van der Waals surface area contributed by atoms with Crippen molar-refractivity contribution in [3.05, 3.63) is 65.7 Å². The smallest absolute Gasteiger partial charge is 0.0367 e. The maximum Gasteiger partial charge on any atom is 0.0367 e. The Hall–Kier alpha value is -1.80. The Balaban J connectivity index is 1.55. The molecule has 0 aliphatic carbocycles. The maximum absolute atomic E-state index is 2.54. The van der Waals surface area contributed by atoms with E-state index >= 15 is 0 Å². The molecule has 2 aromatic carbocycles. The van der Waals surface area contributed by atoms with Gasteiger partial charge in [0.2, 0.25) is 0 Å². The Morgan fingerprint density at radius 2 is 1.45 bits per heavy atom. The molecule has 0 aromatic heterocycles. The van der Waals surface area contributed by atoms with E-state index in [0.29, 0.717) is 0 Å². The molecule has 1 saturated heterocycles. The van der Waals surface area contributed by atoms with Gasteiger partial charge in [-0.25, -0.2) is 0 Å². The molecule has 0 spiro atoms. The molecule has 1 aliphatic heterocycles. The summed E-state index contributed by atoms with van der Waals surface area (Å²) in [5, 5.41) is 0. The second kappa shape index (κ2) is 6.10. The molecular formula is C18H22N2. The van der Waals surface area contributed by atoms with E-state index in [1.54, 1.807) is 0 Å². The maximum atomic E-state index is 2.54. The van der Waals surface area contributed by atoms with Gasteiger partial charge in [0.05, 0.1) is 0 Å². The molecule has 1 fully saturated rings. The van der Waals surface area contributed by atoms with Gasteiger partial charge < -0.3 is 4.90 Å². The van der Waals surface area contributed by atoms with E-state index in [2.05, 4.69) is 71.3 Å². The van der Waals surface area contributed by atoms with Gasteiger partial charge >= 0.3 is 0 Å². The molecule has 20 heavy (non-hydrogen) atoms. The van der Waals surface area contributed by atoms with Crippen molar-refractivity contribution in [3.8, 4) is 0 Å². The molecular weight excluding hydrogens is 244 g/mol. The topological polar surface area (TPSA) is 6.48 Å². The summed E-state index contributed by atoms with van der Waals surface area (Å²) in [6, 6.07) is 19.6. The lowest BCUT2D eigenvalue weighted by Gasteiger charge is -2.36. The van der Waals surface area contributed by atoms with E-state index < -0.39 is 0 Å². The third-order valence-corrected chi connectivity index (χ3v) is 4.02. The summed E-state index contributed by atoms with van der Waals surface area (Å²) in [6.45, 7) is 7.74. The summed E-state index contributed by atoms with van der Waals surface area (Å²) in [4.78, 5) is 5.03. The average molecular weight is 266 g/mol. The number of hydrogen-bond acceptors (Lipinski definition) is 2. The van der Waals surface area contributed by atoms with Crippen molar-refractivity contribution in [3.63, 3.8) is 0 Å². The van der Waals surface area contributed by atoms with Gasteiger partial charge in [-0.3, -0.25) is 4.90 Å². The predicted octanol–water partition coefficient (Wildman–Crippen LogP) is 3.32. The molecule has 0 bridgehead atoms. The van der Waals surface area contributed by atoms with Crippen LogP contribution in [0.4, 0.5) is 5.69 Å². The normalized spacial score (nSPS) is 16.4. The summed E-state index contributed by atoms with van der Waals surface area (Å²) in [6.07, 6.45) is 0. The van der Waals surface area contributed by atoms with Crippen LogP contribution >= 0.6 is 0 Å². The van der Waals surface area contributed by atoms with Crippen LogP contribution in [0.25, 0.3) is 0 Å². The van der Waals surface area contributed by atoms with Crippen LogP contribution in [-0.2, 0) is 6.54 Å². The monoisotopic (exact) mass is 266 g/mol. The van der Waals surface area contributed by atoms with Gasteiger partial charge in [0.15, 0.2) is 0 Å². The molecule has 2 nitrogen and oxygen atoms in total.